The van der Waals surface area contributed by atoms with E-state index < -0.39 is 29.7 Å². The van der Waals surface area contributed by atoms with E-state index in [0.717, 1.165) is 12.5 Å². The van der Waals surface area contributed by atoms with Crippen molar-refractivity contribution in [1.29, 1.82) is 0 Å². The Hall–Kier alpha value is -4.75. The van der Waals surface area contributed by atoms with Gasteiger partial charge in [0.15, 0.2) is 5.78 Å². The van der Waals surface area contributed by atoms with E-state index in [-0.39, 0.29) is 35.3 Å². The van der Waals surface area contributed by atoms with Gasteiger partial charge in [-0.3, -0.25) is 24.0 Å². The maximum atomic E-state index is 13.9. The smallest absolute Gasteiger partial charge is 0.325 e. The number of likely N-dealkylation sites (tertiary alicyclic amines) is 1. The summed E-state index contributed by atoms with van der Waals surface area (Å²) in [5, 5.41) is 7.49. The molecule has 1 saturated heterocycles. The lowest BCUT2D eigenvalue weighted by molar-refractivity contribution is -0.141. The Bertz CT molecular complexity index is 1820. The molecular formula is C30H29F3N8O3. The van der Waals surface area contributed by atoms with Crippen molar-refractivity contribution in [3.05, 3.63) is 59.6 Å². The van der Waals surface area contributed by atoms with E-state index in [0.29, 0.717) is 46.4 Å². The molecule has 3 atom stereocenters. The predicted molar refractivity (Wildman–Crippen MR) is 152 cm³/mol. The van der Waals surface area contributed by atoms with Crippen molar-refractivity contribution in [3.63, 3.8) is 0 Å². The van der Waals surface area contributed by atoms with E-state index in [2.05, 4.69) is 30.4 Å². The number of Topliss-reactive ketones (excluding diaryl/α,β-unsaturated/α-hetero) is 1. The monoisotopic (exact) mass is 606 g/mol. The molecule has 5 heterocycles. The van der Waals surface area contributed by atoms with Gasteiger partial charge in [-0.25, -0.2) is 15.0 Å². The first-order valence-electron chi connectivity index (χ1n) is 14.1. The number of amides is 2. The summed E-state index contributed by atoms with van der Waals surface area (Å²) in [6, 6.07) is 2.66. The number of ketones is 1. The van der Waals surface area contributed by atoms with Gasteiger partial charge in [0.25, 0.3) is 0 Å². The molecule has 4 aromatic rings. The van der Waals surface area contributed by atoms with Gasteiger partial charge in [-0.2, -0.15) is 18.3 Å². The molecule has 0 spiro atoms. The van der Waals surface area contributed by atoms with Crippen LogP contribution in [0.4, 0.5) is 19.0 Å². The summed E-state index contributed by atoms with van der Waals surface area (Å²) in [6.07, 6.45) is 1.96. The Morgan fingerprint density at radius 3 is 2.45 bits per heavy atom. The van der Waals surface area contributed by atoms with E-state index in [1.54, 1.807) is 32.3 Å². The van der Waals surface area contributed by atoms with Crippen molar-refractivity contribution < 1.29 is 27.6 Å². The molecule has 0 unspecified atom stereocenters. The number of pyridine rings is 2. The van der Waals surface area contributed by atoms with Crippen LogP contribution in [-0.4, -0.2) is 64.3 Å². The molecule has 14 heteroatoms. The van der Waals surface area contributed by atoms with Crippen LogP contribution in [-0.2, 0) is 22.3 Å². The standard InChI is InChI=1S/C30H29F3N8O3/c1-15-5-6-23(30(31,32)33)37-27(15)38-28(44)21-10-29(4)8-7-24(29)41(21)25(43)14-40-22-13-36-20(18-11-34-17(3)35-12-18)9-19(22)26(39-40)16(2)42/h5-6,9,11-13,21,24H,7-8,10,14H2,1-4H3,(H,37,38,44)/t21-,24+,29+/m0/s1. The van der Waals surface area contributed by atoms with Crippen LogP contribution in [0.1, 0.15) is 60.7 Å². The van der Waals surface area contributed by atoms with Crippen LogP contribution in [0.5, 0.6) is 0 Å². The van der Waals surface area contributed by atoms with Crippen molar-refractivity contribution in [2.45, 2.75) is 71.8 Å². The molecule has 0 radical (unpaired) electrons. The molecule has 0 bridgehead atoms. The quantitative estimate of drug-likeness (QED) is 0.316. The summed E-state index contributed by atoms with van der Waals surface area (Å²) in [4.78, 5) is 58.0. The maximum absolute atomic E-state index is 13.9. The average molecular weight is 607 g/mol. The summed E-state index contributed by atoms with van der Waals surface area (Å²) in [5.74, 6) is -0.907. The Balaban J connectivity index is 1.30. The molecule has 6 rings (SSSR count). The lowest BCUT2D eigenvalue weighted by Gasteiger charge is -2.44. The average Bonchev–Trinajstić information content (AvgIpc) is 3.42. The first kappa shape index (κ1) is 29.3. The highest BCUT2D eigenvalue weighted by molar-refractivity contribution is 6.05. The third-order valence-electron chi connectivity index (χ3n) is 8.68. The number of anilines is 1. The van der Waals surface area contributed by atoms with E-state index in [4.69, 9.17) is 0 Å². The molecule has 2 amide bonds. The number of halogens is 3. The van der Waals surface area contributed by atoms with E-state index in [9.17, 15) is 27.6 Å². The zero-order valence-corrected chi connectivity index (χ0v) is 24.4. The van der Waals surface area contributed by atoms with Crippen LogP contribution < -0.4 is 5.32 Å². The summed E-state index contributed by atoms with van der Waals surface area (Å²) in [7, 11) is 0. The topological polar surface area (TPSA) is 136 Å². The third-order valence-corrected chi connectivity index (χ3v) is 8.68. The van der Waals surface area contributed by atoms with Crippen LogP contribution in [0.25, 0.3) is 22.2 Å². The van der Waals surface area contributed by atoms with Crippen LogP contribution in [0.3, 0.4) is 0 Å². The van der Waals surface area contributed by atoms with Crippen LogP contribution >= 0.6 is 0 Å². The van der Waals surface area contributed by atoms with Gasteiger partial charge < -0.3 is 10.2 Å². The number of aromatic nitrogens is 6. The molecule has 1 saturated carbocycles. The molecule has 11 nitrogen and oxygen atoms in total. The van der Waals surface area contributed by atoms with Gasteiger partial charge in [0.2, 0.25) is 11.8 Å². The Labute approximate surface area is 249 Å². The molecular weight excluding hydrogens is 577 g/mol. The Morgan fingerprint density at radius 1 is 1.09 bits per heavy atom. The minimum atomic E-state index is -4.68. The van der Waals surface area contributed by atoms with Crippen LogP contribution in [0.15, 0.2) is 36.8 Å². The number of carbonyl (C=O) groups is 3. The van der Waals surface area contributed by atoms with E-state index >= 15 is 0 Å². The van der Waals surface area contributed by atoms with Crippen LogP contribution in [0.2, 0.25) is 0 Å². The predicted octanol–water partition coefficient (Wildman–Crippen LogP) is 4.53. The molecule has 44 heavy (non-hydrogen) atoms. The third kappa shape index (κ3) is 5.07. The Kier molecular flexibility index (Phi) is 6.97. The number of alkyl halides is 3. The summed E-state index contributed by atoms with van der Waals surface area (Å²) < 4.78 is 41.3. The van der Waals surface area contributed by atoms with Gasteiger partial charge in [0, 0.05) is 36.3 Å². The zero-order valence-electron chi connectivity index (χ0n) is 24.4. The highest BCUT2D eigenvalue weighted by Crippen LogP contribution is 2.54. The number of nitrogens with one attached hydrogen (secondary N) is 1. The fourth-order valence-corrected chi connectivity index (χ4v) is 6.16. The fourth-order valence-electron chi connectivity index (χ4n) is 6.16. The van der Waals surface area contributed by atoms with Gasteiger partial charge in [-0.05, 0) is 56.2 Å². The number of rotatable bonds is 6. The second kappa shape index (κ2) is 10.5. The van der Waals surface area contributed by atoms with Crippen molar-refractivity contribution in [2.75, 3.05) is 5.32 Å². The van der Waals surface area contributed by atoms with Crippen LogP contribution in [0, 0.1) is 19.3 Å². The molecule has 1 aliphatic heterocycles. The SMILES string of the molecule is CC(=O)c1nn(CC(=O)N2[C@H](C(=O)Nc3nc(C(F)(F)F)ccc3C)C[C@@]3(C)CC[C@@H]23)c2cnc(-c3cnc(C)nc3)cc12. The maximum Gasteiger partial charge on any atom is 0.433 e. The lowest BCUT2D eigenvalue weighted by atomic mass is 9.66. The molecule has 2 fully saturated rings. The van der Waals surface area contributed by atoms with E-state index in [1.807, 2.05) is 6.92 Å². The van der Waals surface area contributed by atoms with Gasteiger partial charge >= 0.3 is 6.18 Å². The number of hydrogen-bond acceptors (Lipinski definition) is 8. The van der Waals surface area contributed by atoms with Crippen molar-refractivity contribution in [1.82, 2.24) is 34.6 Å². The summed E-state index contributed by atoms with van der Waals surface area (Å²) in [6.45, 7) is 6.43. The zero-order chi connectivity index (χ0) is 31.6. The second-order valence-electron chi connectivity index (χ2n) is 11.7. The van der Waals surface area contributed by atoms with E-state index in [1.165, 1.54) is 28.8 Å². The number of fused-ring (bicyclic) bond motifs is 2. The number of nitrogens with zero attached hydrogens (tertiary/aromatic N) is 7. The number of hydrogen-bond donors (Lipinski definition) is 1. The first-order chi connectivity index (χ1) is 20.7. The molecule has 228 valence electrons. The van der Waals surface area contributed by atoms with Gasteiger partial charge in [0.1, 0.15) is 35.6 Å². The van der Waals surface area contributed by atoms with Gasteiger partial charge in [-0.15, -0.1) is 0 Å². The van der Waals surface area contributed by atoms with Crippen molar-refractivity contribution in [2.24, 2.45) is 5.41 Å². The minimum absolute atomic E-state index is 0.166. The normalized spacial score (nSPS) is 21.2. The molecule has 1 aliphatic carbocycles. The molecule has 2 aliphatic rings. The highest BCUT2D eigenvalue weighted by atomic mass is 19.4. The number of carbonyl (C=O) groups excluding carboxylic acids is 3. The minimum Gasteiger partial charge on any atom is -0.325 e. The fraction of sp³-hybridized carbons (Fsp3) is 0.400. The van der Waals surface area contributed by atoms with Crippen molar-refractivity contribution in [3.8, 4) is 11.3 Å². The first-order valence-corrected chi connectivity index (χ1v) is 14.1. The van der Waals surface area contributed by atoms with Gasteiger partial charge in [0.05, 0.1) is 17.4 Å². The van der Waals surface area contributed by atoms with Gasteiger partial charge in [-0.1, -0.05) is 13.0 Å². The Morgan fingerprint density at radius 2 is 1.82 bits per heavy atom. The largest absolute Gasteiger partial charge is 0.433 e. The second-order valence-corrected chi connectivity index (χ2v) is 11.7. The molecule has 0 aromatic carbocycles. The summed E-state index contributed by atoms with van der Waals surface area (Å²) in [5.41, 5.74) is 0.739. The highest BCUT2D eigenvalue weighted by Gasteiger charge is 2.58. The summed E-state index contributed by atoms with van der Waals surface area (Å²) >= 11 is 0. The molecule has 4 aromatic heterocycles. The lowest BCUT2D eigenvalue weighted by Crippen LogP contribution is -2.52. The molecule has 1 N–H and O–H groups in total. The van der Waals surface area contributed by atoms with Crippen molar-refractivity contribution >= 4 is 34.3 Å². The number of aryl methyl sites for hydroxylation is 2.